The highest BCUT2D eigenvalue weighted by atomic mass is 35.5. The van der Waals surface area contributed by atoms with Gasteiger partial charge >= 0.3 is 6.03 Å². The zero-order chi connectivity index (χ0) is 18.2. The van der Waals surface area contributed by atoms with Gasteiger partial charge in [-0.25, -0.2) is 4.79 Å². The maximum atomic E-state index is 12.2. The number of imide groups is 1. The highest BCUT2D eigenvalue weighted by molar-refractivity contribution is 6.31. The maximum Gasteiger partial charge on any atom is 0.322 e. The number of hydrogen-bond acceptors (Lipinski definition) is 4. The van der Waals surface area contributed by atoms with E-state index in [1.54, 1.807) is 25.1 Å². The lowest BCUT2D eigenvalue weighted by atomic mass is 9.96. The summed E-state index contributed by atoms with van der Waals surface area (Å²) < 4.78 is 5.72. The van der Waals surface area contributed by atoms with E-state index in [2.05, 4.69) is 16.0 Å². The SMILES string of the molecule is C[C@H](NC(=O)CC[C@@]1(C)NC(=O)NC1=O)c1cc2cc(Cl)ccc2o1. The molecular formula is C17H18ClN3O4. The molecule has 3 rings (SSSR count). The number of fused-ring (bicyclic) bond motifs is 1. The molecule has 0 aliphatic carbocycles. The number of furan rings is 1. The van der Waals surface area contributed by atoms with Crippen LogP contribution >= 0.6 is 11.6 Å². The molecule has 0 saturated carbocycles. The zero-order valence-corrected chi connectivity index (χ0v) is 14.6. The fourth-order valence-corrected chi connectivity index (χ4v) is 2.93. The molecule has 2 heterocycles. The van der Waals surface area contributed by atoms with Crippen molar-refractivity contribution >= 4 is 40.4 Å². The molecule has 0 bridgehead atoms. The molecule has 0 spiro atoms. The van der Waals surface area contributed by atoms with E-state index in [1.807, 2.05) is 13.0 Å². The van der Waals surface area contributed by atoms with Crippen LogP contribution in [0.1, 0.15) is 38.5 Å². The van der Waals surface area contributed by atoms with Crippen molar-refractivity contribution in [2.45, 2.75) is 38.3 Å². The number of amides is 4. The van der Waals surface area contributed by atoms with Crippen molar-refractivity contribution in [1.29, 1.82) is 0 Å². The lowest BCUT2D eigenvalue weighted by Gasteiger charge is -2.20. The van der Waals surface area contributed by atoms with Gasteiger partial charge in [0.15, 0.2) is 0 Å². The molecule has 1 saturated heterocycles. The molecule has 2 aromatic rings. The monoisotopic (exact) mass is 363 g/mol. The summed E-state index contributed by atoms with van der Waals surface area (Å²) in [6, 6.07) is 6.26. The largest absolute Gasteiger partial charge is 0.459 e. The fraction of sp³-hybridized carbons (Fsp3) is 0.353. The Morgan fingerprint density at radius 3 is 2.80 bits per heavy atom. The summed E-state index contributed by atoms with van der Waals surface area (Å²) in [6.07, 6.45) is 0.305. The molecule has 3 N–H and O–H groups in total. The Bertz CT molecular complexity index is 863. The Labute approximate surface area is 149 Å². The topological polar surface area (TPSA) is 100 Å². The summed E-state index contributed by atoms with van der Waals surface area (Å²) in [6.45, 7) is 3.40. The minimum Gasteiger partial charge on any atom is -0.459 e. The third kappa shape index (κ3) is 3.61. The van der Waals surface area contributed by atoms with Crippen LogP contribution < -0.4 is 16.0 Å². The predicted molar refractivity (Wildman–Crippen MR) is 92.1 cm³/mol. The van der Waals surface area contributed by atoms with E-state index < -0.39 is 17.5 Å². The number of carbonyl (C=O) groups is 3. The molecule has 25 heavy (non-hydrogen) atoms. The molecule has 132 valence electrons. The van der Waals surface area contributed by atoms with Gasteiger partial charge in [0.2, 0.25) is 5.91 Å². The van der Waals surface area contributed by atoms with E-state index in [0.717, 1.165) is 5.39 Å². The Morgan fingerprint density at radius 2 is 2.12 bits per heavy atom. The Kier molecular flexibility index (Phi) is 4.43. The first-order valence-electron chi connectivity index (χ1n) is 7.89. The molecule has 1 aromatic heterocycles. The first-order chi connectivity index (χ1) is 11.8. The van der Waals surface area contributed by atoms with Gasteiger partial charge in [-0.15, -0.1) is 0 Å². The number of rotatable bonds is 5. The van der Waals surface area contributed by atoms with Gasteiger partial charge in [0.25, 0.3) is 5.91 Å². The zero-order valence-electron chi connectivity index (χ0n) is 13.8. The van der Waals surface area contributed by atoms with Crippen LogP contribution in [0.3, 0.4) is 0 Å². The summed E-state index contributed by atoms with van der Waals surface area (Å²) in [5, 5.41) is 9.01. The Hall–Kier alpha value is -2.54. The lowest BCUT2D eigenvalue weighted by Crippen LogP contribution is -2.44. The van der Waals surface area contributed by atoms with Crippen LogP contribution in [0.2, 0.25) is 5.02 Å². The molecule has 1 fully saturated rings. The molecule has 1 aliphatic rings. The number of urea groups is 1. The Morgan fingerprint density at radius 1 is 1.36 bits per heavy atom. The minimum atomic E-state index is -1.06. The molecule has 8 heteroatoms. The van der Waals surface area contributed by atoms with Crippen molar-refractivity contribution in [3.63, 3.8) is 0 Å². The van der Waals surface area contributed by atoms with Gasteiger partial charge in [-0.05, 0) is 44.5 Å². The average molecular weight is 364 g/mol. The first kappa shape index (κ1) is 17.3. The third-order valence-electron chi connectivity index (χ3n) is 4.27. The van der Waals surface area contributed by atoms with Gasteiger partial charge in [-0.1, -0.05) is 11.6 Å². The van der Waals surface area contributed by atoms with E-state index in [9.17, 15) is 14.4 Å². The van der Waals surface area contributed by atoms with E-state index in [4.69, 9.17) is 16.0 Å². The highest BCUT2D eigenvalue weighted by Crippen LogP contribution is 2.26. The van der Waals surface area contributed by atoms with Crippen molar-refractivity contribution in [3.8, 4) is 0 Å². The lowest BCUT2D eigenvalue weighted by molar-refractivity contribution is -0.125. The van der Waals surface area contributed by atoms with Gasteiger partial charge in [-0.3, -0.25) is 14.9 Å². The summed E-state index contributed by atoms with van der Waals surface area (Å²) in [4.78, 5) is 35.1. The van der Waals surface area contributed by atoms with Gasteiger partial charge in [0, 0.05) is 16.8 Å². The molecule has 7 nitrogen and oxygen atoms in total. The third-order valence-corrected chi connectivity index (χ3v) is 4.51. The van der Waals surface area contributed by atoms with Gasteiger partial charge in [-0.2, -0.15) is 0 Å². The summed E-state index contributed by atoms with van der Waals surface area (Å²) in [5.41, 5.74) is -0.369. The number of carbonyl (C=O) groups excluding carboxylic acids is 3. The molecule has 2 atom stereocenters. The standard InChI is InChI=1S/C17H18ClN3O4/c1-9(13-8-10-7-11(18)3-4-12(10)25-13)19-14(22)5-6-17(2)15(23)20-16(24)21-17/h3-4,7-9H,5-6H2,1-2H3,(H,19,22)(H2,20,21,23,24)/t9-,17+/m0/s1. The molecule has 1 aromatic carbocycles. The Balaban J connectivity index is 1.60. The van der Waals surface area contributed by atoms with Crippen LogP contribution in [-0.2, 0) is 9.59 Å². The normalized spacial score (nSPS) is 21.1. The van der Waals surface area contributed by atoms with E-state index in [0.29, 0.717) is 16.4 Å². The molecular weight excluding hydrogens is 346 g/mol. The van der Waals surface area contributed by atoms with Crippen LogP contribution in [0.25, 0.3) is 11.0 Å². The maximum absolute atomic E-state index is 12.2. The van der Waals surface area contributed by atoms with Crippen LogP contribution in [0.4, 0.5) is 4.79 Å². The van der Waals surface area contributed by atoms with Crippen LogP contribution in [0.15, 0.2) is 28.7 Å². The van der Waals surface area contributed by atoms with Crippen LogP contribution in [0.5, 0.6) is 0 Å². The quantitative estimate of drug-likeness (QED) is 0.711. The van der Waals surface area contributed by atoms with Crippen molar-refractivity contribution < 1.29 is 18.8 Å². The molecule has 0 radical (unpaired) electrons. The smallest absolute Gasteiger partial charge is 0.322 e. The van der Waals surface area contributed by atoms with Crippen molar-refractivity contribution in [2.75, 3.05) is 0 Å². The van der Waals surface area contributed by atoms with Crippen molar-refractivity contribution in [2.24, 2.45) is 0 Å². The number of benzene rings is 1. The van der Waals surface area contributed by atoms with Crippen molar-refractivity contribution in [1.82, 2.24) is 16.0 Å². The number of halogens is 1. The summed E-state index contributed by atoms with van der Waals surface area (Å²) in [7, 11) is 0. The van der Waals surface area contributed by atoms with Gasteiger partial charge < -0.3 is 15.1 Å². The second-order valence-corrected chi connectivity index (χ2v) is 6.80. The van der Waals surface area contributed by atoms with E-state index >= 15 is 0 Å². The molecule has 1 aliphatic heterocycles. The minimum absolute atomic E-state index is 0.0978. The van der Waals surface area contributed by atoms with Crippen LogP contribution in [0, 0.1) is 0 Å². The first-order valence-corrected chi connectivity index (χ1v) is 8.26. The number of nitrogens with one attached hydrogen (secondary N) is 3. The fourth-order valence-electron chi connectivity index (χ4n) is 2.75. The second-order valence-electron chi connectivity index (χ2n) is 6.36. The number of hydrogen-bond donors (Lipinski definition) is 3. The van der Waals surface area contributed by atoms with E-state index in [-0.39, 0.29) is 24.8 Å². The second kappa shape index (κ2) is 6.40. The average Bonchev–Trinajstić information content (AvgIpc) is 3.06. The van der Waals surface area contributed by atoms with E-state index in [1.165, 1.54) is 0 Å². The summed E-state index contributed by atoms with van der Waals surface area (Å²) >= 11 is 5.96. The summed E-state index contributed by atoms with van der Waals surface area (Å²) in [5.74, 6) is -0.0441. The van der Waals surface area contributed by atoms with Crippen LogP contribution in [-0.4, -0.2) is 23.4 Å². The van der Waals surface area contributed by atoms with Gasteiger partial charge in [0.05, 0.1) is 6.04 Å². The predicted octanol–water partition coefficient (Wildman–Crippen LogP) is 2.64. The van der Waals surface area contributed by atoms with Crippen molar-refractivity contribution in [3.05, 3.63) is 35.0 Å². The highest BCUT2D eigenvalue weighted by Gasteiger charge is 2.41. The molecule has 0 unspecified atom stereocenters. The van der Waals surface area contributed by atoms with Gasteiger partial charge in [0.1, 0.15) is 16.9 Å². The molecule has 4 amide bonds.